The maximum atomic E-state index is 12.5. The number of hydrazine groups is 1. The molecule has 13 heteroatoms. The van der Waals surface area contributed by atoms with Gasteiger partial charge in [-0.3, -0.25) is 20.2 Å². The molecule has 4 amide bonds. The summed E-state index contributed by atoms with van der Waals surface area (Å²) in [5.41, 5.74) is 1.05. The molecule has 2 aromatic rings. The Kier molecular flexibility index (Phi) is 6.80. The van der Waals surface area contributed by atoms with Gasteiger partial charge in [-0.2, -0.15) is 5.01 Å². The molecule has 2 rings (SSSR count). The van der Waals surface area contributed by atoms with Crippen LogP contribution < -0.4 is 20.5 Å². The fourth-order valence-electron chi connectivity index (χ4n) is 2.20. The first-order valence-electron chi connectivity index (χ1n) is 7.57. The Hall–Kier alpha value is -3.57. The summed E-state index contributed by atoms with van der Waals surface area (Å²) >= 11 is 12.0. The maximum absolute atomic E-state index is 12.5. The number of benzene rings is 2. The predicted molar refractivity (Wildman–Crippen MR) is 103 cm³/mol. The number of para-hydroxylation sites is 1. The highest BCUT2D eigenvalue weighted by Crippen LogP contribution is 2.33. The van der Waals surface area contributed by atoms with Gasteiger partial charge in [0.2, 0.25) is 0 Å². The van der Waals surface area contributed by atoms with Crippen LogP contribution >= 0.6 is 23.2 Å². The van der Waals surface area contributed by atoms with E-state index in [1.807, 2.05) is 5.32 Å². The van der Waals surface area contributed by atoms with Gasteiger partial charge in [-0.15, -0.1) is 0 Å². The number of halogens is 2. The lowest BCUT2D eigenvalue weighted by molar-refractivity contribution is -0.385. The normalized spacial score (nSPS) is 10.0. The van der Waals surface area contributed by atoms with Crippen LogP contribution in [0.2, 0.25) is 10.0 Å². The fourth-order valence-corrected chi connectivity index (χ4v) is 2.77. The number of nitrogens with one attached hydrogen (secondary N) is 2. The third-order valence-corrected chi connectivity index (χ3v) is 4.04. The van der Waals surface area contributed by atoms with Gasteiger partial charge in [0.15, 0.2) is 5.75 Å². The molecule has 0 aromatic heterocycles. The molecule has 0 fully saturated rings. The third kappa shape index (κ3) is 5.03. The minimum atomic E-state index is -1.62. The second-order valence-corrected chi connectivity index (χ2v) is 6.04. The zero-order valence-corrected chi connectivity index (χ0v) is 16.0. The third-order valence-electron chi connectivity index (χ3n) is 3.43. The van der Waals surface area contributed by atoms with Gasteiger partial charge < -0.3 is 9.84 Å². The minimum Gasteiger partial charge on any atom is -0.490 e. The van der Waals surface area contributed by atoms with Crippen molar-refractivity contribution in [1.82, 2.24) is 10.7 Å². The number of carbonyl (C=O) groups is 3. The zero-order chi connectivity index (χ0) is 21.7. The SMILES string of the molecule is COc1cc(C(=O)NC(=O)N(NC(=O)O)c2c(Cl)cccc2Cl)ccc1[N+](=O)[O-]. The van der Waals surface area contributed by atoms with Crippen molar-refractivity contribution in [2.45, 2.75) is 0 Å². The van der Waals surface area contributed by atoms with Crippen LogP contribution in [0, 0.1) is 10.1 Å². The van der Waals surface area contributed by atoms with Gasteiger partial charge in [0.25, 0.3) is 5.91 Å². The number of carboxylic acid groups (broad SMARTS) is 1. The minimum absolute atomic E-state index is 0.0640. The molecule has 0 bridgehead atoms. The Morgan fingerprint density at radius 2 is 1.79 bits per heavy atom. The van der Waals surface area contributed by atoms with Gasteiger partial charge in [0.05, 0.1) is 22.1 Å². The molecule has 0 saturated carbocycles. The van der Waals surface area contributed by atoms with E-state index >= 15 is 0 Å². The van der Waals surface area contributed by atoms with Crippen LogP contribution in [0.1, 0.15) is 10.4 Å². The molecular weight excluding hydrogens is 431 g/mol. The van der Waals surface area contributed by atoms with Crippen molar-refractivity contribution in [3.8, 4) is 5.75 Å². The molecule has 2 aromatic carbocycles. The number of imide groups is 1. The largest absolute Gasteiger partial charge is 0.490 e. The molecule has 0 aliphatic heterocycles. The molecule has 0 heterocycles. The molecule has 152 valence electrons. The first-order valence-corrected chi connectivity index (χ1v) is 8.32. The van der Waals surface area contributed by atoms with Crippen molar-refractivity contribution in [3.63, 3.8) is 0 Å². The molecule has 0 aliphatic rings. The predicted octanol–water partition coefficient (Wildman–Crippen LogP) is 3.45. The number of methoxy groups -OCH3 is 1. The molecule has 29 heavy (non-hydrogen) atoms. The maximum Gasteiger partial charge on any atom is 0.424 e. The molecular formula is C16H12Cl2N4O7. The molecule has 0 spiro atoms. The number of anilines is 1. The smallest absolute Gasteiger partial charge is 0.424 e. The number of hydrogen-bond donors (Lipinski definition) is 3. The summed E-state index contributed by atoms with van der Waals surface area (Å²) in [7, 11) is 1.17. The van der Waals surface area contributed by atoms with Crippen LogP contribution in [-0.2, 0) is 0 Å². The van der Waals surface area contributed by atoms with E-state index in [2.05, 4.69) is 0 Å². The Balaban J connectivity index is 2.33. The lowest BCUT2D eigenvalue weighted by Crippen LogP contribution is -2.52. The van der Waals surface area contributed by atoms with E-state index in [1.54, 1.807) is 5.43 Å². The van der Waals surface area contributed by atoms with E-state index in [0.29, 0.717) is 5.01 Å². The van der Waals surface area contributed by atoms with E-state index in [4.69, 9.17) is 33.0 Å². The molecule has 0 aliphatic carbocycles. The standard InChI is InChI=1S/C16H12Cl2N4O7/c1-29-12-7-8(5-6-11(12)22(27)28)14(23)19-15(24)21(20-16(25)26)13-9(17)3-2-4-10(13)18/h2-7,20H,1H3,(H,25,26)(H,19,23,24). The van der Waals surface area contributed by atoms with Gasteiger partial charge >= 0.3 is 17.8 Å². The average Bonchev–Trinajstić information content (AvgIpc) is 2.65. The van der Waals surface area contributed by atoms with Crippen LogP contribution in [0.25, 0.3) is 0 Å². The van der Waals surface area contributed by atoms with Gasteiger partial charge in [0, 0.05) is 17.7 Å². The topological polar surface area (TPSA) is 151 Å². The summed E-state index contributed by atoms with van der Waals surface area (Å²) in [6, 6.07) is 6.14. The van der Waals surface area contributed by atoms with E-state index in [1.165, 1.54) is 25.3 Å². The van der Waals surface area contributed by atoms with Crippen LogP contribution in [0.4, 0.5) is 21.0 Å². The Labute approximate surface area is 172 Å². The Bertz CT molecular complexity index is 979. The van der Waals surface area contributed by atoms with Crippen molar-refractivity contribution in [2.75, 3.05) is 12.1 Å². The van der Waals surface area contributed by atoms with Crippen LogP contribution in [0.5, 0.6) is 5.75 Å². The number of nitrogens with zero attached hydrogens (tertiary/aromatic N) is 2. The van der Waals surface area contributed by atoms with Crippen molar-refractivity contribution < 1.29 is 29.2 Å². The lowest BCUT2D eigenvalue weighted by atomic mass is 10.2. The summed E-state index contributed by atoms with van der Waals surface area (Å²) in [4.78, 5) is 46.2. The average molecular weight is 443 g/mol. The molecule has 0 saturated heterocycles. The summed E-state index contributed by atoms with van der Waals surface area (Å²) in [5, 5.41) is 22.2. The first kappa shape index (κ1) is 21.7. The first-order chi connectivity index (χ1) is 13.6. The Morgan fingerprint density at radius 3 is 2.31 bits per heavy atom. The number of nitro groups is 1. The van der Waals surface area contributed by atoms with Gasteiger partial charge in [-0.1, -0.05) is 29.3 Å². The van der Waals surface area contributed by atoms with Crippen molar-refractivity contribution in [2.24, 2.45) is 0 Å². The van der Waals surface area contributed by atoms with Crippen LogP contribution in [-0.4, -0.2) is 35.2 Å². The molecule has 0 unspecified atom stereocenters. The highest BCUT2D eigenvalue weighted by Gasteiger charge is 2.26. The highest BCUT2D eigenvalue weighted by atomic mass is 35.5. The lowest BCUT2D eigenvalue weighted by Gasteiger charge is -2.23. The molecule has 3 N–H and O–H groups in total. The van der Waals surface area contributed by atoms with Crippen LogP contribution in [0.15, 0.2) is 36.4 Å². The number of ether oxygens (including phenoxy) is 1. The van der Waals surface area contributed by atoms with Crippen LogP contribution in [0.3, 0.4) is 0 Å². The number of amides is 4. The van der Waals surface area contributed by atoms with Crippen molar-refractivity contribution in [3.05, 3.63) is 62.1 Å². The van der Waals surface area contributed by atoms with Gasteiger partial charge in [-0.05, 0) is 18.2 Å². The molecule has 0 radical (unpaired) electrons. The second kappa shape index (κ2) is 9.08. The second-order valence-electron chi connectivity index (χ2n) is 5.23. The number of urea groups is 1. The summed E-state index contributed by atoms with van der Waals surface area (Å²) < 4.78 is 4.86. The van der Waals surface area contributed by atoms with E-state index in [0.717, 1.165) is 18.2 Å². The summed E-state index contributed by atoms with van der Waals surface area (Å²) in [6.45, 7) is 0. The Morgan fingerprint density at radius 1 is 1.17 bits per heavy atom. The van der Waals surface area contributed by atoms with Crippen molar-refractivity contribution >= 4 is 52.6 Å². The number of hydrogen-bond acceptors (Lipinski definition) is 6. The van der Waals surface area contributed by atoms with Gasteiger partial charge in [-0.25, -0.2) is 15.0 Å². The molecule has 11 nitrogen and oxygen atoms in total. The highest BCUT2D eigenvalue weighted by molar-refractivity contribution is 6.40. The van der Waals surface area contributed by atoms with E-state index in [9.17, 15) is 24.5 Å². The summed E-state index contributed by atoms with van der Waals surface area (Å²) in [6.07, 6.45) is -1.62. The number of nitro benzene ring substituents is 1. The number of rotatable bonds is 4. The number of carbonyl (C=O) groups excluding carboxylic acids is 2. The fraction of sp³-hybridized carbons (Fsp3) is 0.0625. The monoisotopic (exact) mass is 442 g/mol. The van der Waals surface area contributed by atoms with Gasteiger partial charge in [0.1, 0.15) is 5.69 Å². The summed E-state index contributed by atoms with van der Waals surface area (Å²) in [5.74, 6) is -1.19. The quantitative estimate of drug-likeness (QED) is 0.484. The van der Waals surface area contributed by atoms with Crippen molar-refractivity contribution in [1.29, 1.82) is 0 Å². The molecule has 0 atom stereocenters. The zero-order valence-electron chi connectivity index (χ0n) is 14.5. The van der Waals surface area contributed by atoms with E-state index < -0.39 is 23.0 Å². The van der Waals surface area contributed by atoms with E-state index in [-0.39, 0.29) is 32.7 Å².